The Morgan fingerprint density at radius 1 is 1.26 bits per heavy atom. The molecule has 0 aliphatic rings. The first-order chi connectivity index (χ1) is 9.04. The van der Waals surface area contributed by atoms with Gasteiger partial charge in [-0.2, -0.15) is 13.2 Å². The molecule has 0 saturated carbocycles. The van der Waals surface area contributed by atoms with Gasteiger partial charge in [0.15, 0.2) is 0 Å². The van der Waals surface area contributed by atoms with Crippen LogP contribution in [0.1, 0.15) is 5.69 Å². The van der Waals surface area contributed by atoms with Crippen LogP contribution in [-0.4, -0.2) is 21.9 Å². The van der Waals surface area contributed by atoms with Gasteiger partial charge in [-0.1, -0.05) is 12.1 Å². The van der Waals surface area contributed by atoms with E-state index in [-0.39, 0.29) is 0 Å². The van der Waals surface area contributed by atoms with Gasteiger partial charge in [-0.25, -0.2) is 4.98 Å². The van der Waals surface area contributed by atoms with Crippen LogP contribution >= 0.6 is 11.8 Å². The third kappa shape index (κ3) is 4.51. The van der Waals surface area contributed by atoms with E-state index in [1.807, 2.05) is 0 Å². The second-order valence-electron chi connectivity index (χ2n) is 3.83. The van der Waals surface area contributed by atoms with E-state index in [2.05, 4.69) is 15.3 Å². The lowest BCUT2D eigenvalue weighted by Gasteiger charge is -2.12. The van der Waals surface area contributed by atoms with E-state index in [0.29, 0.717) is 17.1 Å². The van der Waals surface area contributed by atoms with Crippen molar-refractivity contribution < 1.29 is 13.2 Å². The molecule has 0 amide bonds. The van der Waals surface area contributed by atoms with E-state index in [4.69, 9.17) is 0 Å². The molecular formula is C12H12F3N3S. The average Bonchev–Trinajstić information content (AvgIpc) is 2.87. The van der Waals surface area contributed by atoms with Gasteiger partial charge < -0.3 is 10.3 Å². The zero-order chi connectivity index (χ0) is 13.7. The lowest BCUT2D eigenvalue weighted by atomic mass is 10.3. The minimum Gasteiger partial charge on any atom is -0.379 e. The summed E-state index contributed by atoms with van der Waals surface area (Å²) in [7, 11) is 0. The maximum absolute atomic E-state index is 12.2. The Labute approximate surface area is 112 Å². The number of hydrogen-bond acceptors (Lipinski definition) is 3. The van der Waals surface area contributed by atoms with Crippen molar-refractivity contribution in [1.82, 2.24) is 9.97 Å². The van der Waals surface area contributed by atoms with E-state index in [9.17, 15) is 13.2 Å². The Hall–Kier alpha value is -1.63. The Kier molecular flexibility index (Phi) is 4.36. The molecule has 0 bridgehead atoms. The molecule has 0 aliphatic carbocycles. The van der Waals surface area contributed by atoms with Crippen LogP contribution in [0, 0.1) is 0 Å². The summed E-state index contributed by atoms with van der Waals surface area (Å²) in [6.45, 7) is 0.490. The number of H-pyrrole nitrogens is 1. The molecule has 0 spiro atoms. The summed E-state index contributed by atoms with van der Waals surface area (Å²) in [5.74, 6) is -0.893. The Morgan fingerprint density at radius 2 is 2.05 bits per heavy atom. The molecule has 2 rings (SSSR count). The van der Waals surface area contributed by atoms with E-state index in [1.165, 1.54) is 0 Å². The van der Waals surface area contributed by atoms with Gasteiger partial charge in [-0.3, -0.25) is 0 Å². The molecule has 3 nitrogen and oxygen atoms in total. The van der Waals surface area contributed by atoms with Crippen LogP contribution in [0.2, 0.25) is 0 Å². The number of aromatic amines is 1. The Morgan fingerprint density at radius 3 is 2.74 bits per heavy atom. The molecule has 0 radical (unpaired) electrons. The normalized spacial score (nSPS) is 11.5. The third-order valence-corrected chi connectivity index (χ3v) is 3.44. The number of nitrogens with one attached hydrogen (secondary N) is 2. The predicted octanol–water partition coefficient (Wildman–Crippen LogP) is 3.68. The molecule has 1 aromatic carbocycles. The summed E-state index contributed by atoms with van der Waals surface area (Å²) in [6, 6.07) is 6.94. The summed E-state index contributed by atoms with van der Waals surface area (Å²) in [4.78, 5) is 7.38. The van der Waals surface area contributed by atoms with Crippen molar-refractivity contribution in [2.45, 2.75) is 17.6 Å². The summed E-state index contributed by atoms with van der Waals surface area (Å²) >= 11 is 0.778. The second-order valence-corrected chi connectivity index (χ2v) is 4.85. The van der Waals surface area contributed by atoms with Crippen molar-refractivity contribution in [2.24, 2.45) is 0 Å². The van der Waals surface area contributed by atoms with Crippen LogP contribution in [-0.2, 0) is 6.54 Å². The number of rotatable bonds is 5. The van der Waals surface area contributed by atoms with E-state index in [0.717, 1.165) is 17.5 Å². The van der Waals surface area contributed by atoms with Gasteiger partial charge in [-0.15, -0.1) is 11.8 Å². The minimum atomic E-state index is -4.17. The summed E-state index contributed by atoms with van der Waals surface area (Å²) in [6.07, 6.45) is -0.944. The lowest BCUT2D eigenvalue weighted by molar-refractivity contribution is -0.105. The number of anilines is 1. The van der Waals surface area contributed by atoms with Crippen LogP contribution < -0.4 is 5.32 Å². The topological polar surface area (TPSA) is 40.7 Å². The monoisotopic (exact) mass is 287 g/mol. The third-order valence-electron chi connectivity index (χ3n) is 2.30. The summed E-state index contributed by atoms with van der Waals surface area (Å²) in [5.41, 5.74) is 1.56. The van der Waals surface area contributed by atoms with E-state index >= 15 is 0 Å². The standard InChI is InChI=1S/C12H12F3N3S/c13-12(14,15)7-19-11-4-2-1-3-10(11)17-6-9-5-16-8-18-9/h1-5,8,17H,6-7H2,(H,16,18). The molecule has 1 heterocycles. The fraction of sp³-hybridized carbons (Fsp3) is 0.250. The number of para-hydroxylation sites is 1. The number of imidazole rings is 1. The first kappa shape index (κ1) is 13.8. The Balaban J connectivity index is 1.99. The average molecular weight is 287 g/mol. The van der Waals surface area contributed by atoms with Crippen molar-refractivity contribution in [2.75, 3.05) is 11.1 Å². The highest BCUT2D eigenvalue weighted by atomic mass is 32.2. The molecule has 0 unspecified atom stereocenters. The second kappa shape index (κ2) is 6.01. The van der Waals surface area contributed by atoms with Crippen molar-refractivity contribution in [3.63, 3.8) is 0 Å². The molecule has 7 heteroatoms. The smallest absolute Gasteiger partial charge is 0.379 e. The first-order valence-corrected chi connectivity index (χ1v) is 6.53. The summed E-state index contributed by atoms with van der Waals surface area (Å²) in [5, 5.41) is 3.09. The predicted molar refractivity (Wildman–Crippen MR) is 69.1 cm³/mol. The highest BCUT2D eigenvalue weighted by molar-refractivity contribution is 7.99. The van der Waals surface area contributed by atoms with Gasteiger partial charge in [0.05, 0.1) is 24.3 Å². The number of benzene rings is 1. The maximum Gasteiger partial charge on any atom is 0.398 e. The van der Waals surface area contributed by atoms with Gasteiger partial charge in [0.2, 0.25) is 0 Å². The van der Waals surface area contributed by atoms with Gasteiger partial charge >= 0.3 is 6.18 Å². The van der Waals surface area contributed by atoms with Gasteiger partial charge in [0.25, 0.3) is 0 Å². The van der Waals surface area contributed by atoms with Gasteiger partial charge in [0.1, 0.15) is 0 Å². The van der Waals surface area contributed by atoms with Crippen molar-refractivity contribution >= 4 is 17.4 Å². The molecule has 1 aromatic heterocycles. The van der Waals surface area contributed by atoms with Crippen LogP contribution in [0.4, 0.5) is 18.9 Å². The quantitative estimate of drug-likeness (QED) is 0.824. The molecule has 0 atom stereocenters. The fourth-order valence-electron chi connectivity index (χ4n) is 1.47. The van der Waals surface area contributed by atoms with Crippen LogP contribution in [0.5, 0.6) is 0 Å². The number of thioether (sulfide) groups is 1. The number of nitrogens with zero attached hydrogens (tertiary/aromatic N) is 1. The largest absolute Gasteiger partial charge is 0.398 e. The van der Waals surface area contributed by atoms with Gasteiger partial charge in [0, 0.05) is 16.8 Å². The molecule has 102 valence electrons. The van der Waals surface area contributed by atoms with Gasteiger partial charge in [-0.05, 0) is 12.1 Å². The SMILES string of the molecule is FC(F)(F)CSc1ccccc1NCc1cnc[nH]1. The Bertz CT molecular complexity index is 511. The molecule has 0 fully saturated rings. The highest BCUT2D eigenvalue weighted by Crippen LogP contribution is 2.32. The lowest BCUT2D eigenvalue weighted by Crippen LogP contribution is -2.11. The molecular weight excluding hydrogens is 275 g/mol. The van der Waals surface area contributed by atoms with E-state index < -0.39 is 11.9 Å². The zero-order valence-corrected chi connectivity index (χ0v) is 10.7. The molecule has 0 aliphatic heterocycles. The minimum absolute atomic E-state index is 0.490. The summed E-state index contributed by atoms with van der Waals surface area (Å²) < 4.78 is 36.7. The van der Waals surface area contributed by atoms with Crippen LogP contribution in [0.3, 0.4) is 0 Å². The number of halogens is 3. The maximum atomic E-state index is 12.2. The molecule has 19 heavy (non-hydrogen) atoms. The molecule has 0 saturated heterocycles. The van der Waals surface area contributed by atoms with Crippen LogP contribution in [0.25, 0.3) is 0 Å². The zero-order valence-electron chi connectivity index (χ0n) is 9.87. The molecule has 2 aromatic rings. The number of alkyl halides is 3. The van der Waals surface area contributed by atoms with Crippen molar-refractivity contribution in [3.05, 3.63) is 42.5 Å². The first-order valence-electron chi connectivity index (χ1n) is 5.54. The van der Waals surface area contributed by atoms with Crippen molar-refractivity contribution in [3.8, 4) is 0 Å². The van der Waals surface area contributed by atoms with Crippen molar-refractivity contribution in [1.29, 1.82) is 0 Å². The fourth-order valence-corrected chi connectivity index (χ4v) is 2.26. The van der Waals surface area contributed by atoms with Crippen LogP contribution in [0.15, 0.2) is 41.7 Å². The highest BCUT2D eigenvalue weighted by Gasteiger charge is 2.27. The number of hydrogen-bond donors (Lipinski definition) is 2. The number of aromatic nitrogens is 2. The molecule has 2 N–H and O–H groups in total. The van der Waals surface area contributed by atoms with E-state index in [1.54, 1.807) is 36.8 Å².